The summed E-state index contributed by atoms with van der Waals surface area (Å²) in [6.45, 7) is 1.74. The molecule has 0 unspecified atom stereocenters. The fourth-order valence-electron chi connectivity index (χ4n) is 11.4. The number of piperidine rings is 2. The van der Waals surface area contributed by atoms with E-state index in [1.54, 1.807) is 14.2 Å². The Kier molecular flexibility index (Phi) is 7.73. The van der Waals surface area contributed by atoms with E-state index in [1.807, 2.05) is 12.1 Å². The van der Waals surface area contributed by atoms with Crippen LogP contribution in [0.15, 0.2) is 24.3 Å². The number of likely N-dealkylation sites (N-methyl/N-ethyl adjacent to an activating group) is 2. The fraction of sp³-hybridized carbons (Fsp3) is 0.611. The summed E-state index contributed by atoms with van der Waals surface area (Å²) >= 11 is 0. The van der Waals surface area contributed by atoms with Crippen LogP contribution >= 0.6 is 24.8 Å². The van der Waals surface area contributed by atoms with E-state index in [0.717, 1.165) is 49.9 Å². The molecule has 2 aromatic carbocycles. The maximum absolute atomic E-state index is 12.7. The highest BCUT2D eigenvalue weighted by molar-refractivity contribution is 5.91. The van der Waals surface area contributed by atoms with Crippen molar-refractivity contribution in [2.45, 2.75) is 97.7 Å². The molecule has 2 saturated heterocycles. The Morgan fingerprint density at radius 3 is 1.46 bits per heavy atom. The molecule has 8 atom stereocenters. The minimum absolute atomic E-state index is 0. The first kappa shape index (κ1) is 33.9. The van der Waals surface area contributed by atoms with Crippen LogP contribution in [0.3, 0.4) is 0 Å². The molecule has 48 heavy (non-hydrogen) atoms. The number of methoxy groups -OCH3 is 2. The van der Waals surface area contributed by atoms with Crippen LogP contribution in [0.1, 0.15) is 60.8 Å². The Hall–Kier alpha value is -2.60. The normalized spacial score (nSPS) is 38.9. The number of ether oxygens (including phenoxy) is 4. The van der Waals surface area contributed by atoms with Crippen molar-refractivity contribution in [2.24, 2.45) is 0 Å². The zero-order chi connectivity index (χ0) is 32.0. The van der Waals surface area contributed by atoms with Crippen molar-refractivity contribution < 1.29 is 38.7 Å². The molecule has 4 aliphatic carbocycles. The third-order valence-corrected chi connectivity index (χ3v) is 13.5. The number of rotatable bonds is 2. The van der Waals surface area contributed by atoms with E-state index in [2.05, 4.69) is 36.0 Å². The van der Waals surface area contributed by atoms with E-state index in [1.165, 1.54) is 11.1 Å². The van der Waals surface area contributed by atoms with Crippen LogP contribution in [0.25, 0.3) is 0 Å². The first-order chi connectivity index (χ1) is 22.1. The first-order valence-electron chi connectivity index (χ1n) is 16.7. The maximum atomic E-state index is 12.7. The Morgan fingerprint density at radius 2 is 1.08 bits per heavy atom. The number of hydrogen-bond acceptors (Lipinski definition) is 10. The number of aliphatic hydroxyl groups is 2. The smallest absolute Gasteiger partial charge is 0.174 e. The molecular weight excluding hydrogens is 659 g/mol. The lowest BCUT2D eigenvalue weighted by atomic mass is 9.49. The van der Waals surface area contributed by atoms with Crippen molar-refractivity contribution in [3.05, 3.63) is 46.5 Å². The lowest BCUT2D eigenvalue weighted by Crippen LogP contribution is -2.76. The van der Waals surface area contributed by atoms with Gasteiger partial charge < -0.3 is 39.0 Å². The minimum Gasteiger partial charge on any atom is -0.493 e. The van der Waals surface area contributed by atoms with Gasteiger partial charge in [0.05, 0.1) is 36.3 Å². The molecule has 4 heterocycles. The van der Waals surface area contributed by atoms with Crippen molar-refractivity contribution in [2.75, 3.05) is 41.4 Å². The second-order valence-electron chi connectivity index (χ2n) is 14.9. The second-order valence-corrected chi connectivity index (χ2v) is 14.9. The lowest BCUT2D eigenvalue weighted by molar-refractivity contribution is -0.185. The van der Waals surface area contributed by atoms with Gasteiger partial charge in [-0.1, -0.05) is 12.1 Å². The molecule has 2 saturated carbocycles. The van der Waals surface area contributed by atoms with Crippen molar-refractivity contribution in [1.29, 1.82) is 0 Å². The van der Waals surface area contributed by atoms with Gasteiger partial charge in [-0.25, -0.2) is 0 Å². The molecule has 4 fully saturated rings. The lowest BCUT2D eigenvalue weighted by Gasteiger charge is -2.62. The van der Waals surface area contributed by atoms with E-state index >= 15 is 0 Å². The zero-order valence-corrected chi connectivity index (χ0v) is 29.4. The van der Waals surface area contributed by atoms with Gasteiger partial charge in [-0.05, 0) is 89.0 Å². The van der Waals surface area contributed by atoms with Crippen LogP contribution in [0.5, 0.6) is 23.0 Å². The Bertz CT molecular complexity index is 1600. The quantitative estimate of drug-likeness (QED) is 0.484. The zero-order valence-electron chi connectivity index (χ0n) is 27.7. The van der Waals surface area contributed by atoms with E-state index in [0.29, 0.717) is 48.7 Å². The molecule has 10 nitrogen and oxygen atoms in total. The second kappa shape index (κ2) is 10.9. The number of likely N-dealkylation sites (tertiary alicyclic amines) is 2. The third-order valence-electron chi connectivity index (χ3n) is 13.5. The Labute approximate surface area is 292 Å². The molecule has 4 bridgehead atoms. The van der Waals surface area contributed by atoms with Gasteiger partial charge in [-0.15, -0.1) is 24.8 Å². The van der Waals surface area contributed by atoms with Gasteiger partial charge in [0.2, 0.25) is 0 Å². The number of carbonyl (C=O) groups excluding carboxylic acids is 2. The molecule has 0 radical (unpaired) electrons. The molecule has 2 aromatic rings. The van der Waals surface area contributed by atoms with Crippen LogP contribution in [-0.2, 0) is 33.3 Å². The van der Waals surface area contributed by atoms with Gasteiger partial charge in [0.1, 0.15) is 0 Å². The highest BCUT2D eigenvalue weighted by Crippen LogP contribution is 2.66. The topological polar surface area (TPSA) is 118 Å². The van der Waals surface area contributed by atoms with Crippen LogP contribution in [0, 0.1) is 0 Å². The molecule has 10 rings (SSSR count). The van der Waals surface area contributed by atoms with E-state index in [9.17, 15) is 19.8 Å². The molecule has 4 aliphatic heterocycles. The number of ketones is 2. The number of carbonyl (C=O) groups is 2. The van der Waals surface area contributed by atoms with Crippen molar-refractivity contribution in [1.82, 2.24) is 9.80 Å². The monoisotopic (exact) mass is 702 g/mol. The van der Waals surface area contributed by atoms with Crippen LogP contribution in [-0.4, -0.2) is 108 Å². The van der Waals surface area contributed by atoms with Gasteiger partial charge in [-0.3, -0.25) is 9.59 Å². The molecule has 0 aromatic heterocycles. The highest BCUT2D eigenvalue weighted by atomic mass is 35.5. The van der Waals surface area contributed by atoms with E-state index in [4.69, 9.17) is 18.9 Å². The van der Waals surface area contributed by atoms with E-state index < -0.39 is 34.2 Å². The summed E-state index contributed by atoms with van der Waals surface area (Å²) < 4.78 is 23.3. The fourth-order valence-corrected chi connectivity index (χ4v) is 11.4. The SMILES string of the molecule is COc1ccc2c3c1O[C@H]1C(=O)CC[C@@]4(O)[C@@H](C2)N(C)CC[C@]314.COc1ccc2c3c1O[C@H]1C(=O)CC[C@@]4(O)[C@@H](C2)N(C)CC[C@]314.Cl.Cl. The number of halogens is 2. The van der Waals surface area contributed by atoms with Crippen molar-refractivity contribution >= 4 is 36.4 Å². The van der Waals surface area contributed by atoms with Crippen LogP contribution < -0.4 is 18.9 Å². The molecule has 12 heteroatoms. The van der Waals surface area contributed by atoms with Gasteiger partial charge in [0.15, 0.2) is 46.8 Å². The molecular formula is C36H44Cl2N2O8. The van der Waals surface area contributed by atoms with Gasteiger partial charge in [-0.2, -0.15) is 0 Å². The van der Waals surface area contributed by atoms with Gasteiger partial charge >= 0.3 is 0 Å². The van der Waals surface area contributed by atoms with Crippen molar-refractivity contribution in [3.63, 3.8) is 0 Å². The van der Waals surface area contributed by atoms with Crippen LogP contribution in [0.2, 0.25) is 0 Å². The molecule has 8 aliphatic rings. The van der Waals surface area contributed by atoms with Crippen molar-refractivity contribution in [3.8, 4) is 23.0 Å². The molecule has 260 valence electrons. The van der Waals surface area contributed by atoms with Gasteiger partial charge in [0, 0.05) is 36.1 Å². The average molecular weight is 704 g/mol. The largest absolute Gasteiger partial charge is 0.493 e. The molecule has 2 spiro atoms. The summed E-state index contributed by atoms with van der Waals surface area (Å²) in [5.74, 6) is 2.94. The predicted octanol–water partition coefficient (Wildman–Crippen LogP) is 2.94. The maximum Gasteiger partial charge on any atom is 0.174 e. The summed E-state index contributed by atoms with van der Waals surface area (Å²) in [6.07, 6.45) is 3.79. The summed E-state index contributed by atoms with van der Waals surface area (Å²) in [7, 11) is 7.39. The number of hydrogen-bond donors (Lipinski definition) is 2. The Morgan fingerprint density at radius 1 is 0.688 bits per heavy atom. The van der Waals surface area contributed by atoms with E-state index in [-0.39, 0.29) is 48.5 Å². The molecule has 2 N–H and O–H groups in total. The molecule has 0 amide bonds. The summed E-state index contributed by atoms with van der Waals surface area (Å²) in [4.78, 5) is 29.8. The average Bonchev–Trinajstić information content (AvgIpc) is 3.59. The van der Waals surface area contributed by atoms with Crippen LogP contribution in [0.4, 0.5) is 0 Å². The summed E-state index contributed by atoms with van der Waals surface area (Å²) in [6, 6.07) is 8.09. The predicted molar refractivity (Wildman–Crippen MR) is 181 cm³/mol. The number of nitrogens with zero attached hydrogens (tertiary/aromatic N) is 2. The first-order valence-corrected chi connectivity index (χ1v) is 16.7. The third kappa shape index (κ3) is 3.69. The summed E-state index contributed by atoms with van der Waals surface area (Å²) in [5, 5.41) is 23.5. The number of Topliss-reactive ketones (excluding diaryl/α,β-unsaturated/α-hetero) is 2. The minimum atomic E-state index is -0.900. The van der Waals surface area contributed by atoms with Gasteiger partial charge in [0.25, 0.3) is 0 Å². The Balaban J connectivity index is 0.000000146. The highest BCUT2D eigenvalue weighted by Gasteiger charge is 2.74. The number of benzene rings is 2. The standard InChI is InChI=1S/2C18H21NO4.2ClH/c2*1-19-8-7-17-14-10-3-4-12(22-2)15(14)23-16(17)11(20)5-6-18(17,21)13(19)9-10;;/h2*3-4,13,16,21H,5-9H2,1-2H3;2*1H/t2*13-,16+,17+,18-;;/m11../s1. The summed E-state index contributed by atoms with van der Waals surface area (Å²) in [5.41, 5.74) is 1.47.